The first kappa shape index (κ1) is 19.5. The van der Waals surface area contributed by atoms with Crippen LogP contribution in [0.4, 0.5) is 0 Å². The first-order valence-electron chi connectivity index (χ1n) is 8.71. The van der Waals surface area contributed by atoms with Crippen LogP contribution < -0.4 is 0 Å². The van der Waals surface area contributed by atoms with Crippen molar-refractivity contribution in [2.75, 3.05) is 12.4 Å². The highest BCUT2D eigenvalue weighted by molar-refractivity contribution is 7.99. The van der Waals surface area contributed by atoms with Crippen LogP contribution in [-0.2, 0) is 16.0 Å². The number of benzene rings is 2. The molecular formula is C20H20ClN3O2S. The van der Waals surface area contributed by atoms with Crippen molar-refractivity contribution in [3.63, 3.8) is 0 Å². The smallest absolute Gasteiger partial charge is 0.316 e. The van der Waals surface area contributed by atoms with E-state index in [9.17, 15) is 4.79 Å². The molecule has 0 radical (unpaired) electrons. The van der Waals surface area contributed by atoms with Crippen LogP contribution in [0.25, 0.3) is 17.1 Å². The van der Waals surface area contributed by atoms with Gasteiger partial charge in [-0.2, -0.15) is 0 Å². The molecule has 3 rings (SSSR count). The number of esters is 1. The molecule has 0 saturated carbocycles. The second-order valence-corrected chi connectivity index (χ2v) is 7.14. The third kappa shape index (κ3) is 4.70. The van der Waals surface area contributed by atoms with E-state index in [0.717, 1.165) is 17.7 Å². The third-order valence-electron chi connectivity index (χ3n) is 3.96. The molecular weight excluding hydrogens is 382 g/mol. The van der Waals surface area contributed by atoms with Crippen LogP contribution in [0.1, 0.15) is 19.4 Å². The average molecular weight is 402 g/mol. The van der Waals surface area contributed by atoms with Gasteiger partial charge in [-0.1, -0.05) is 42.4 Å². The van der Waals surface area contributed by atoms with Gasteiger partial charge < -0.3 is 4.74 Å². The number of nitrogens with zero attached hydrogens (tertiary/aromatic N) is 3. The molecule has 0 N–H and O–H groups in total. The normalized spacial score (nSPS) is 10.8. The topological polar surface area (TPSA) is 57.0 Å². The van der Waals surface area contributed by atoms with Gasteiger partial charge >= 0.3 is 5.97 Å². The second kappa shape index (κ2) is 9.06. The maximum Gasteiger partial charge on any atom is 0.316 e. The maximum absolute atomic E-state index is 11.7. The van der Waals surface area contributed by atoms with Crippen molar-refractivity contribution in [3.8, 4) is 17.1 Å². The summed E-state index contributed by atoms with van der Waals surface area (Å²) in [5, 5.41) is 9.95. The molecule has 0 unspecified atom stereocenters. The van der Waals surface area contributed by atoms with Gasteiger partial charge in [0.2, 0.25) is 0 Å². The summed E-state index contributed by atoms with van der Waals surface area (Å²) in [5.74, 6) is 0.605. The fourth-order valence-corrected chi connectivity index (χ4v) is 3.46. The van der Waals surface area contributed by atoms with E-state index in [1.54, 1.807) is 6.92 Å². The zero-order valence-corrected chi connectivity index (χ0v) is 16.8. The standard InChI is InChI=1S/C20H20ClN3O2S/c1-3-14-5-11-17(12-6-14)24-19(15-7-9-16(21)10-8-15)22-23-20(24)27-13-18(25)26-4-2/h5-12H,3-4,13H2,1-2H3. The van der Waals surface area contributed by atoms with Crippen molar-refractivity contribution in [3.05, 3.63) is 59.1 Å². The molecule has 7 heteroatoms. The molecule has 140 valence electrons. The van der Waals surface area contributed by atoms with Crippen LogP contribution in [0.3, 0.4) is 0 Å². The van der Waals surface area contributed by atoms with Crippen molar-refractivity contribution in [2.45, 2.75) is 25.4 Å². The summed E-state index contributed by atoms with van der Waals surface area (Å²) in [4.78, 5) is 11.7. The zero-order chi connectivity index (χ0) is 19.2. The van der Waals surface area contributed by atoms with E-state index in [2.05, 4.69) is 29.3 Å². The van der Waals surface area contributed by atoms with Crippen LogP contribution in [0.2, 0.25) is 5.02 Å². The minimum atomic E-state index is -0.272. The van der Waals surface area contributed by atoms with E-state index in [4.69, 9.17) is 16.3 Å². The number of rotatable bonds is 7. The van der Waals surface area contributed by atoms with E-state index < -0.39 is 0 Å². The minimum Gasteiger partial charge on any atom is -0.465 e. The van der Waals surface area contributed by atoms with Crippen LogP contribution in [-0.4, -0.2) is 33.1 Å². The van der Waals surface area contributed by atoms with Gasteiger partial charge in [0.1, 0.15) is 0 Å². The molecule has 1 heterocycles. The molecule has 5 nitrogen and oxygen atoms in total. The molecule has 0 aliphatic heterocycles. The Balaban J connectivity index is 2.00. The Hall–Kier alpha value is -2.31. The zero-order valence-electron chi connectivity index (χ0n) is 15.2. The molecule has 27 heavy (non-hydrogen) atoms. The van der Waals surface area contributed by atoms with Gasteiger partial charge in [0.15, 0.2) is 11.0 Å². The van der Waals surface area contributed by atoms with Gasteiger partial charge in [0.25, 0.3) is 0 Å². The summed E-state index contributed by atoms with van der Waals surface area (Å²) < 4.78 is 6.96. The first-order chi connectivity index (χ1) is 13.1. The van der Waals surface area contributed by atoms with Crippen LogP contribution in [0.5, 0.6) is 0 Å². The van der Waals surface area contributed by atoms with Gasteiger partial charge in [-0.05, 0) is 55.3 Å². The SMILES string of the molecule is CCOC(=O)CSc1nnc(-c2ccc(Cl)cc2)n1-c1ccc(CC)cc1. The lowest BCUT2D eigenvalue weighted by atomic mass is 10.1. The minimum absolute atomic E-state index is 0.180. The molecule has 0 bridgehead atoms. The number of hydrogen-bond acceptors (Lipinski definition) is 5. The summed E-state index contributed by atoms with van der Waals surface area (Å²) in [6.07, 6.45) is 0.969. The van der Waals surface area contributed by atoms with Crippen LogP contribution >= 0.6 is 23.4 Å². The molecule has 0 atom stereocenters. The van der Waals surface area contributed by atoms with Gasteiger partial charge in [-0.25, -0.2) is 0 Å². The van der Waals surface area contributed by atoms with Gasteiger partial charge in [-0.15, -0.1) is 10.2 Å². The van der Waals surface area contributed by atoms with E-state index in [1.807, 2.05) is 41.0 Å². The Labute approximate surface area is 167 Å². The van der Waals surface area contributed by atoms with E-state index in [1.165, 1.54) is 17.3 Å². The number of halogens is 1. The number of hydrogen-bond donors (Lipinski definition) is 0. The first-order valence-corrected chi connectivity index (χ1v) is 10.1. The van der Waals surface area contributed by atoms with Crippen molar-refractivity contribution in [2.24, 2.45) is 0 Å². The Morgan fingerprint density at radius 1 is 1.07 bits per heavy atom. The van der Waals surface area contributed by atoms with Gasteiger partial charge in [0.05, 0.1) is 12.4 Å². The van der Waals surface area contributed by atoms with Crippen molar-refractivity contribution >= 4 is 29.3 Å². The highest BCUT2D eigenvalue weighted by Gasteiger charge is 2.17. The van der Waals surface area contributed by atoms with Crippen LogP contribution in [0, 0.1) is 0 Å². The Morgan fingerprint density at radius 3 is 2.41 bits per heavy atom. The molecule has 2 aromatic carbocycles. The molecule has 0 fully saturated rings. The Bertz CT molecular complexity index is 908. The van der Waals surface area contributed by atoms with Crippen molar-refractivity contribution < 1.29 is 9.53 Å². The van der Waals surface area contributed by atoms with Crippen molar-refractivity contribution in [1.82, 2.24) is 14.8 Å². The summed E-state index contributed by atoms with van der Waals surface area (Å²) in [5.41, 5.74) is 3.09. The van der Waals surface area contributed by atoms with E-state index in [-0.39, 0.29) is 11.7 Å². The lowest BCUT2D eigenvalue weighted by molar-refractivity contribution is -0.139. The number of aryl methyl sites for hydroxylation is 1. The van der Waals surface area contributed by atoms with Gasteiger partial charge in [0, 0.05) is 16.3 Å². The van der Waals surface area contributed by atoms with Crippen molar-refractivity contribution in [1.29, 1.82) is 0 Å². The second-order valence-electron chi connectivity index (χ2n) is 5.76. The summed E-state index contributed by atoms with van der Waals surface area (Å²) >= 11 is 7.32. The summed E-state index contributed by atoms with van der Waals surface area (Å²) in [6, 6.07) is 15.7. The Kier molecular flexibility index (Phi) is 6.53. The number of aromatic nitrogens is 3. The summed E-state index contributed by atoms with van der Waals surface area (Å²) in [7, 11) is 0. The molecule has 1 aromatic heterocycles. The van der Waals surface area contributed by atoms with Gasteiger partial charge in [-0.3, -0.25) is 9.36 Å². The molecule has 0 spiro atoms. The average Bonchev–Trinajstić information content (AvgIpc) is 3.11. The third-order valence-corrected chi connectivity index (χ3v) is 5.12. The molecule has 3 aromatic rings. The highest BCUT2D eigenvalue weighted by Crippen LogP contribution is 2.29. The molecule has 0 saturated heterocycles. The molecule has 0 aliphatic carbocycles. The fraction of sp³-hybridized carbons (Fsp3) is 0.250. The van der Waals surface area contributed by atoms with Crippen LogP contribution in [0.15, 0.2) is 53.7 Å². The molecule has 0 amide bonds. The lowest BCUT2D eigenvalue weighted by Crippen LogP contribution is -2.08. The quantitative estimate of drug-likeness (QED) is 0.420. The lowest BCUT2D eigenvalue weighted by Gasteiger charge is -2.11. The highest BCUT2D eigenvalue weighted by atomic mass is 35.5. The predicted octanol–water partition coefficient (Wildman–Crippen LogP) is 4.81. The largest absolute Gasteiger partial charge is 0.465 e. The number of carbonyl (C=O) groups excluding carboxylic acids is 1. The Morgan fingerprint density at radius 2 is 1.78 bits per heavy atom. The number of thioether (sulfide) groups is 1. The predicted molar refractivity (Wildman–Crippen MR) is 109 cm³/mol. The molecule has 0 aliphatic rings. The maximum atomic E-state index is 11.7. The number of ether oxygens (including phenoxy) is 1. The number of carbonyl (C=O) groups is 1. The van der Waals surface area contributed by atoms with E-state index in [0.29, 0.717) is 22.6 Å². The van der Waals surface area contributed by atoms with E-state index >= 15 is 0 Å². The fourth-order valence-electron chi connectivity index (χ4n) is 2.59. The summed E-state index contributed by atoms with van der Waals surface area (Å²) in [6.45, 7) is 4.27. The monoisotopic (exact) mass is 401 g/mol.